The second kappa shape index (κ2) is 6.11. The summed E-state index contributed by atoms with van der Waals surface area (Å²) in [5, 5.41) is 0. The first-order chi connectivity index (χ1) is 9.90. The molecule has 1 amide bonds. The number of carbonyl (C=O) groups excluding carboxylic acids is 1. The summed E-state index contributed by atoms with van der Waals surface area (Å²) in [7, 11) is -3.48. The largest absolute Gasteiger partial charge is 0.334 e. The smallest absolute Gasteiger partial charge is 0.257 e. The van der Waals surface area contributed by atoms with Gasteiger partial charge < -0.3 is 10.6 Å². The van der Waals surface area contributed by atoms with Crippen LogP contribution in [-0.2, 0) is 9.84 Å². The molecule has 21 heavy (non-hydrogen) atoms. The van der Waals surface area contributed by atoms with Crippen molar-refractivity contribution in [3.05, 3.63) is 29.6 Å². The zero-order valence-electron chi connectivity index (χ0n) is 11.9. The van der Waals surface area contributed by atoms with Crippen molar-refractivity contribution in [2.24, 2.45) is 5.73 Å². The summed E-state index contributed by atoms with van der Waals surface area (Å²) in [6, 6.07) is 3.24. The van der Waals surface area contributed by atoms with Crippen LogP contribution in [0.2, 0.25) is 0 Å². The second-order valence-electron chi connectivity index (χ2n) is 5.08. The molecule has 116 valence electrons. The first-order valence-corrected chi connectivity index (χ1v) is 8.59. The third kappa shape index (κ3) is 3.08. The van der Waals surface area contributed by atoms with Gasteiger partial charge in [0, 0.05) is 19.1 Å². The molecular weight excluding hydrogens is 295 g/mol. The van der Waals surface area contributed by atoms with Crippen LogP contribution < -0.4 is 5.73 Å². The summed E-state index contributed by atoms with van der Waals surface area (Å²) >= 11 is 0. The molecule has 2 N–H and O–H groups in total. The van der Waals surface area contributed by atoms with Crippen LogP contribution in [0.25, 0.3) is 0 Å². The fourth-order valence-corrected chi connectivity index (χ4v) is 3.44. The van der Waals surface area contributed by atoms with Crippen LogP contribution in [0, 0.1) is 5.82 Å². The summed E-state index contributed by atoms with van der Waals surface area (Å²) in [5.41, 5.74) is 5.41. The zero-order valence-corrected chi connectivity index (χ0v) is 12.7. The predicted molar refractivity (Wildman–Crippen MR) is 77.2 cm³/mol. The van der Waals surface area contributed by atoms with Gasteiger partial charge in [0.05, 0.1) is 16.2 Å². The lowest BCUT2D eigenvalue weighted by Crippen LogP contribution is -2.40. The molecule has 0 bridgehead atoms. The average molecular weight is 314 g/mol. The molecule has 0 spiro atoms. The van der Waals surface area contributed by atoms with Gasteiger partial charge in [-0.15, -0.1) is 0 Å². The minimum absolute atomic E-state index is 0.0294. The van der Waals surface area contributed by atoms with E-state index in [0.29, 0.717) is 13.1 Å². The van der Waals surface area contributed by atoms with Crippen LogP contribution in [0.15, 0.2) is 23.1 Å². The molecule has 1 atom stereocenters. The number of sulfone groups is 1. The number of amides is 1. The molecule has 1 heterocycles. The summed E-state index contributed by atoms with van der Waals surface area (Å²) < 4.78 is 37.6. The lowest BCUT2D eigenvalue weighted by Gasteiger charge is -2.23. The van der Waals surface area contributed by atoms with E-state index in [1.54, 1.807) is 0 Å². The third-order valence-electron chi connectivity index (χ3n) is 3.82. The van der Waals surface area contributed by atoms with Crippen molar-refractivity contribution >= 4 is 15.7 Å². The molecule has 0 unspecified atom stereocenters. The fraction of sp³-hybridized carbons (Fsp3) is 0.500. The second-order valence-corrected chi connectivity index (χ2v) is 7.35. The van der Waals surface area contributed by atoms with Gasteiger partial charge in [-0.2, -0.15) is 0 Å². The van der Waals surface area contributed by atoms with E-state index in [-0.39, 0.29) is 22.3 Å². The Labute approximate surface area is 123 Å². The normalized spacial score (nSPS) is 19.0. The predicted octanol–water partition coefficient (Wildman–Crippen LogP) is 1.18. The maximum atomic E-state index is 13.9. The molecule has 0 aliphatic carbocycles. The van der Waals surface area contributed by atoms with Gasteiger partial charge in [-0.05, 0) is 31.0 Å². The number of halogens is 1. The number of carbonyl (C=O) groups is 1. The standard InChI is InChI=1S/C14H19FN2O3S/c1-2-21(19,20)11-5-6-13(15)12(8-11)14(18)17-7-3-4-10(17)9-16/h5-6,8,10H,2-4,7,9,16H2,1H3/t10-/m0/s1. The number of likely N-dealkylation sites (tertiary alicyclic amines) is 1. The molecule has 0 aromatic heterocycles. The molecular formula is C14H19FN2O3S. The van der Waals surface area contributed by atoms with Gasteiger partial charge in [0.2, 0.25) is 0 Å². The summed E-state index contributed by atoms with van der Waals surface area (Å²) in [4.78, 5) is 13.9. The number of hydrogen-bond donors (Lipinski definition) is 1. The highest BCUT2D eigenvalue weighted by atomic mass is 32.2. The number of benzene rings is 1. The van der Waals surface area contributed by atoms with Gasteiger partial charge in [0.1, 0.15) is 5.82 Å². The number of nitrogens with zero attached hydrogens (tertiary/aromatic N) is 1. The Hall–Kier alpha value is -1.47. The number of hydrogen-bond acceptors (Lipinski definition) is 4. The first-order valence-electron chi connectivity index (χ1n) is 6.94. The SMILES string of the molecule is CCS(=O)(=O)c1ccc(F)c(C(=O)N2CCC[C@H]2CN)c1. The third-order valence-corrected chi connectivity index (χ3v) is 5.55. The van der Waals surface area contributed by atoms with Crippen LogP contribution in [0.3, 0.4) is 0 Å². The Bertz CT molecular complexity index is 646. The van der Waals surface area contributed by atoms with E-state index < -0.39 is 21.6 Å². The maximum Gasteiger partial charge on any atom is 0.257 e. The molecule has 1 aliphatic rings. The van der Waals surface area contributed by atoms with Crippen molar-refractivity contribution in [2.75, 3.05) is 18.8 Å². The molecule has 0 radical (unpaired) electrons. The van der Waals surface area contributed by atoms with E-state index in [1.807, 2.05) is 0 Å². The van der Waals surface area contributed by atoms with E-state index in [0.717, 1.165) is 25.0 Å². The zero-order chi connectivity index (χ0) is 15.6. The molecule has 1 saturated heterocycles. The highest BCUT2D eigenvalue weighted by Gasteiger charge is 2.30. The van der Waals surface area contributed by atoms with Crippen LogP contribution in [-0.4, -0.2) is 44.1 Å². The van der Waals surface area contributed by atoms with Crippen molar-refractivity contribution in [2.45, 2.75) is 30.7 Å². The van der Waals surface area contributed by atoms with Crippen LogP contribution in [0.4, 0.5) is 4.39 Å². The molecule has 7 heteroatoms. The lowest BCUT2D eigenvalue weighted by atomic mass is 10.1. The molecule has 5 nitrogen and oxygen atoms in total. The highest BCUT2D eigenvalue weighted by molar-refractivity contribution is 7.91. The molecule has 1 aromatic rings. The van der Waals surface area contributed by atoms with Crippen LogP contribution >= 0.6 is 0 Å². The highest BCUT2D eigenvalue weighted by Crippen LogP contribution is 2.23. The summed E-state index contributed by atoms with van der Waals surface area (Å²) in [6.07, 6.45) is 1.61. The summed E-state index contributed by atoms with van der Waals surface area (Å²) in [5.74, 6) is -1.30. The monoisotopic (exact) mass is 314 g/mol. The molecule has 1 aliphatic heterocycles. The van der Waals surface area contributed by atoms with Crippen molar-refractivity contribution in [3.63, 3.8) is 0 Å². The van der Waals surface area contributed by atoms with E-state index in [1.165, 1.54) is 17.9 Å². The molecule has 1 aromatic carbocycles. The maximum absolute atomic E-state index is 13.9. The van der Waals surface area contributed by atoms with E-state index in [4.69, 9.17) is 5.73 Å². The van der Waals surface area contributed by atoms with Crippen LogP contribution in [0.1, 0.15) is 30.1 Å². The first kappa shape index (κ1) is 15.9. The lowest BCUT2D eigenvalue weighted by molar-refractivity contribution is 0.0736. The molecule has 2 rings (SSSR count). The molecule has 0 saturated carbocycles. The van der Waals surface area contributed by atoms with Gasteiger partial charge in [-0.1, -0.05) is 6.92 Å². The van der Waals surface area contributed by atoms with Gasteiger partial charge in [0.25, 0.3) is 5.91 Å². The fourth-order valence-electron chi connectivity index (χ4n) is 2.53. The molecule has 1 fully saturated rings. The van der Waals surface area contributed by atoms with Crippen molar-refractivity contribution in [3.8, 4) is 0 Å². The van der Waals surface area contributed by atoms with Crippen molar-refractivity contribution < 1.29 is 17.6 Å². The van der Waals surface area contributed by atoms with E-state index in [9.17, 15) is 17.6 Å². The Morgan fingerprint density at radius 1 is 1.48 bits per heavy atom. The van der Waals surface area contributed by atoms with Gasteiger partial charge in [0.15, 0.2) is 9.84 Å². The van der Waals surface area contributed by atoms with Gasteiger partial charge in [-0.3, -0.25) is 4.79 Å². The number of nitrogens with two attached hydrogens (primary N) is 1. The summed E-state index contributed by atoms with van der Waals surface area (Å²) in [6.45, 7) is 2.34. The van der Waals surface area contributed by atoms with E-state index >= 15 is 0 Å². The minimum atomic E-state index is -3.48. The van der Waals surface area contributed by atoms with Crippen molar-refractivity contribution in [1.29, 1.82) is 0 Å². The van der Waals surface area contributed by atoms with E-state index in [2.05, 4.69) is 0 Å². The average Bonchev–Trinajstić information content (AvgIpc) is 2.95. The van der Waals surface area contributed by atoms with Gasteiger partial charge in [-0.25, -0.2) is 12.8 Å². The number of rotatable bonds is 4. The van der Waals surface area contributed by atoms with Crippen molar-refractivity contribution in [1.82, 2.24) is 4.90 Å². The quantitative estimate of drug-likeness (QED) is 0.846. The Kier molecular flexibility index (Phi) is 4.63. The van der Waals surface area contributed by atoms with Crippen LogP contribution in [0.5, 0.6) is 0 Å². The Morgan fingerprint density at radius 2 is 2.19 bits per heavy atom. The Morgan fingerprint density at radius 3 is 2.81 bits per heavy atom. The topological polar surface area (TPSA) is 80.5 Å². The Balaban J connectivity index is 2.39. The van der Waals surface area contributed by atoms with Gasteiger partial charge >= 0.3 is 0 Å². The minimum Gasteiger partial charge on any atom is -0.334 e.